The summed E-state index contributed by atoms with van der Waals surface area (Å²) in [6.07, 6.45) is 0.962. The molecule has 0 saturated carbocycles. The van der Waals surface area contributed by atoms with Crippen LogP contribution in [0.25, 0.3) is 0 Å². The standard InChI is InChI=1S/C25H29N3O3S/c1-19-4-6-20(7-5-19)15-27-10-3-11-28(13-12-27)25(29)21-8-9-23(24(14-21)30-2)31-16-22-17-32-18-26-22/h4-9,14,17-18H,3,10-13,15-16H2,1-2H3. The Bertz CT molecular complexity index is 1020. The second-order valence-corrected chi connectivity index (χ2v) is 8.76. The Balaban J connectivity index is 1.37. The van der Waals surface area contributed by atoms with Gasteiger partial charge in [0, 0.05) is 43.7 Å². The van der Waals surface area contributed by atoms with Crippen LogP contribution in [0.3, 0.4) is 0 Å². The van der Waals surface area contributed by atoms with Gasteiger partial charge in [0.1, 0.15) is 6.61 Å². The van der Waals surface area contributed by atoms with E-state index in [2.05, 4.69) is 41.1 Å². The molecule has 0 unspecified atom stereocenters. The van der Waals surface area contributed by atoms with Gasteiger partial charge in [0.15, 0.2) is 11.5 Å². The normalized spacial score (nSPS) is 14.8. The SMILES string of the molecule is COc1cc(C(=O)N2CCCN(Cc3ccc(C)cc3)CC2)ccc1OCc1cscn1. The molecule has 2 aromatic carbocycles. The molecule has 4 rings (SSSR count). The van der Waals surface area contributed by atoms with Gasteiger partial charge in [0.2, 0.25) is 0 Å². The molecule has 1 aromatic heterocycles. The fourth-order valence-electron chi connectivity index (χ4n) is 3.85. The third-order valence-corrected chi connectivity index (χ3v) is 6.31. The zero-order valence-electron chi connectivity index (χ0n) is 18.6. The summed E-state index contributed by atoms with van der Waals surface area (Å²) in [6.45, 7) is 6.73. The van der Waals surface area contributed by atoms with Crippen molar-refractivity contribution >= 4 is 17.2 Å². The number of carbonyl (C=O) groups is 1. The van der Waals surface area contributed by atoms with E-state index >= 15 is 0 Å². The summed E-state index contributed by atoms with van der Waals surface area (Å²) in [6, 6.07) is 14.1. The summed E-state index contributed by atoms with van der Waals surface area (Å²) in [4.78, 5) is 21.8. The number of rotatable bonds is 7. The van der Waals surface area contributed by atoms with E-state index in [0.29, 0.717) is 23.7 Å². The first-order valence-electron chi connectivity index (χ1n) is 10.9. The van der Waals surface area contributed by atoms with Crippen LogP contribution in [0, 0.1) is 6.92 Å². The predicted molar refractivity (Wildman–Crippen MR) is 126 cm³/mol. The molecule has 0 spiro atoms. The molecule has 1 amide bonds. The first kappa shape index (κ1) is 22.3. The molecule has 0 aliphatic carbocycles. The molecule has 1 aliphatic heterocycles. The average molecular weight is 452 g/mol. The number of thiazole rings is 1. The molecule has 1 aliphatic rings. The van der Waals surface area contributed by atoms with Gasteiger partial charge in [0.25, 0.3) is 5.91 Å². The highest BCUT2D eigenvalue weighted by Crippen LogP contribution is 2.29. The summed E-state index contributed by atoms with van der Waals surface area (Å²) >= 11 is 1.53. The van der Waals surface area contributed by atoms with E-state index in [1.54, 1.807) is 24.8 Å². The second-order valence-electron chi connectivity index (χ2n) is 8.04. The largest absolute Gasteiger partial charge is 0.493 e. The molecule has 1 fully saturated rings. The van der Waals surface area contributed by atoms with Crippen molar-refractivity contribution in [3.8, 4) is 11.5 Å². The van der Waals surface area contributed by atoms with Crippen molar-refractivity contribution in [1.82, 2.24) is 14.8 Å². The summed E-state index contributed by atoms with van der Waals surface area (Å²) in [7, 11) is 1.59. The highest BCUT2D eigenvalue weighted by Gasteiger charge is 2.21. The van der Waals surface area contributed by atoms with E-state index in [1.165, 1.54) is 22.5 Å². The van der Waals surface area contributed by atoms with Crippen LogP contribution in [-0.2, 0) is 13.2 Å². The maximum Gasteiger partial charge on any atom is 0.254 e. The molecule has 2 heterocycles. The maximum absolute atomic E-state index is 13.2. The van der Waals surface area contributed by atoms with Gasteiger partial charge in [-0.3, -0.25) is 9.69 Å². The minimum atomic E-state index is 0.0338. The van der Waals surface area contributed by atoms with Crippen LogP contribution in [0.4, 0.5) is 0 Å². The van der Waals surface area contributed by atoms with Gasteiger partial charge in [-0.15, -0.1) is 11.3 Å². The third kappa shape index (κ3) is 5.66. The van der Waals surface area contributed by atoms with Crippen LogP contribution in [0.1, 0.15) is 33.6 Å². The van der Waals surface area contributed by atoms with Crippen molar-refractivity contribution in [3.05, 3.63) is 75.7 Å². The Hall–Kier alpha value is -2.90. The first-order valence-corrected chi connectivity index (χ1v) is 11.8. The monoisotopic (exact) mass is 451 g/mol. The van der Waals surface area contributed by atoms with Crippen molar-refractivity contribution in [2.75, 3.05) is 33.3 Å². The lowest BCUT2D eigenvalue weighted by Crippen LogP contribution is -2.35. The number of aryl methyl sites for hydroxylation is 1. The lowest BCUT2D eigenvalue weighted by molar-refractivity contribution is 0.0760. The van der Waals surface area contributed by atoms with Crippen LogP contribution in [0.5, 0.6) is 11.5 Å². The van der Waals surface area contributed by atoms with Crippen LogP contribution in [0.15, 0.2) is 53.4 Å². The summed E-state index contributed by atoms with van der Waals surface area (Å²) < 4.78 is 11.3. The van der Waals surface area contributed by atoms with Crippen LogP contribution in [0.2, 0.25) is 0 Å². The van der Waals surface area contributed by atoms with Crippen LogP contribution < -0.4 is 9.47 Å². The molecular formula is C25H29N3O3S. The zero-order chi connectivity index (χ0) is 22.3. The number of aromatic nitrogens is 1. The number of ether oxygens (including phenoxy) is 2. The van der Waals surface area contributed by atoms with Crippen molar-refractivity contribution < 1.29 is 14.3 Å². The molecule has 0 radical (unpaired) electrons. The van der Waals surface area contributed by atoms with Gasteiger partial charge < -0.3 is 14.4 Å². The van der Waals surface area contributed by atoms with E-state index < -0.39 is 0 Å². The molecular weight excluding hydrogens is 422 g/mol. The highest BCUT2D eigenvalue weighted by atomic mass is 32.1. The number of amides is 1. The fraction of sp³-hybridized carbons (Fsp3) is 0.360. The molecule has 32 heavy (non-hydrogen) atoms. The van der Waals surface area contributed by atoms with Gasteiger partial charge in [-0.25, -0.2) is 4.98 Å². The minimum absolute atomic E-state index is 0.0338. The van der Waals surface area contributed by atoms with E-state index in [9.17, 15) is 4.79 Å². The van der Waals surface area contributed by atoms with Crippen molar-refractivity contribution in [2.24, 2.45) is 0 Å². The minimum Gasteiger partial charge on any atom is -0.493 e. The van der Waals surface area contributed by atoms with Gasteiger partial charge in [-0.2, -0.15) is 0 Å². The molecule has 6 nitrogen and oxygen atoms in total. The van der Waals surface area contributed by atoms with E-state index in [1.807, 2.05) is 16.3 Å². The molecule has 7 heteroatoms. The smallest absolute Gasteiger partial charge is 0.254 e. The molecule has 3 aromatic rings. The number of hydrogen-bond donors (Lipinski definition) is 0. The zero-order valence-corrected chi connectivity index (χ0v) is 19.4. The Morgan fingerprint density at radius 1 is 1.06 bits per heavy atom. The highest BCUT2D eigenvalue weighted by molar-refractivity contribution is 7.07. The molecule has 0 atom stereocenters. The average Bonchev–Trinajstić information content (AvgIpc) is 3.23. The van der Waals surface area contributed by atoms with Gasteiger partial charge in [-0.05, 0) is 37.1 Å². The molecule has 1 saturated heterocycles. The number of carbonyl (C=O) groups excluding carboxylic acids is 1. The van der Waals surface area contributed by atoms with Gasteiger partial charge in [-0.1, -0.05) is 29.8 Å². The van der Waals surface area contributed by atoms with Crippen molar-refractivity contribution in [1.29, 1.82) is 0 Å². The van der Waals surface area contributed by atoms with Crippen LogP contribution in [-0.4, -0.2) is 54.0 Å². The lowest BCUT2D eigenvalue weighted by Gasteiger charge is -2.22. The van der Waals surface area contributed by atoms with Gasteiger partial charge in [0.05, 0.1) is 18.3 Å². The number of methoxy groups -OCH3 is 1. The van der Waals surface area contributed by atoms with E-state index in [0.717, 1.165) is 44.8 Å². The first-order chi connectivity index (χ1) is 15.6. The Labute approximate surface area is 193 Å². The fourth-order valence-corrected chi connectivity index (χ4v) is 4.39. The third-order valence-electron chi connectivity index (χ3n) is 5.67. The predicted octanol–water partition coefficient (Wildman–Crippen LogP) is 4.39. The summed E-state index contributed by atoms with van der Waals surface area (Å²) in [5.41, 5.74) is 5.86. The van der Waals surface area contributed by atoms with Gasteiger partial charge >= 0.3 is 0 Å². The second kappa shape index (κ2) is 10.6. The maximum atomic E-state index is 13.2. The molecule has 168 valence electrons. The molecule has 0 N–H and O–H groups in total. The number of hydrogen-bond acceptors (Lipinski definition) is 6. The van der Waals surface area contributed by atoms with Crippen molar-refractivity contribution in [2.45, 2.75) is 26.5 Å². The van der Waals surface area contributed by atoms with E-state index in [4.69, 9.17) is 9.47 Å². The quantitative estimate of drug-likeness (QED) is 0.533. The Morgan fingerprint density at radius 2 is 1.91 bits per heavy atom. The number of nitrogens with zero attached hydrogens (tertiary/aromatic N) is 3. The molecule has 0 bridgehead atoms. The van der Waals surface area contributed by atoms with Crippen molar-refractivity contribution in [3.63, 3.8) is 0 Å². The topological polar surface area (TPSA) is 54.9 Å². The van der Waals surface area contributed by atoms with E-state index in [-0.39, 0.29) is 5.91 Å². The lowest BCUT2D eigenvalue weighted by atomic mass is 10.1. The number of benzene rings is 2. The Kier molecular flexibility index (Phi) is 7.39. The Morgan fingerprint density at radius 3 is 2.66 bits per heavy atom. The summed E-state index contributed by atoms with van der Waals surface area (Å²) in [5.74, 6) is 1.20. The summed E-state index contributed by atoms with van der Waals surface area (Å²) in [5, 5.41) is 1.95. The van der Waals surface area contributed by atoms with Crippen LogP contribution >= 0.6 is 11.3 Å².